The molecule has 0 fully saturated rings. The Balaban J connectivity index is 0. The zero-order valence-corrected chi connectivity index (χ0v) is 3.28. The van der Waals surface area contributed by atoms with E-state index in [1.807, 2.05) is 7.05 Å². The van der Waals surface area contributed by atoms with E-state index in [0.717, 1.165) is 0 Å². The molecule has 0 radical (unpaired) electrons. The Morgan fingerprint density at radius 2 is 2.33 bits per heavy atom. The third kappa shape index (κ3) is 9.68. The second kappa shape index (κ2) is 8.82. The molecule has 0 aliphatic rings. The third-order valence-corrected chi connectivity index (χ3v) is 0.279. The highest BCUT2D eigenvalue weighted by Crippen LogP contribution is 1.37. The predicted octanol–water partition coefficient (Wildman–Crippen LogP) is 0.475. The average Bonchev–Trinajstić information content (AvgIpc) is 1.41. The molecule has 0 aromatic carbocycles. The maximum Gasteiger partial charge on any atom is 0.0571 e. The van der Waals surface area contributed by atoms with E-state index in [2.05, 4.69) is 11.2 Å². The number of hydrogen-bond acceptors (Lipinski definition) is 1. The van der Waals surface area contributed by atoms with Crippen molar-refractivity contribution < 1.29 is 0 Å². The van der Waals surface area contributed by atoms with Crippen molar-refractivity contribution in [3.63, 3.8) is 0 Å². The normalized spacial score (nSPS) is 5.33. The molecule has 0 bridgehead atoms. The van der Waals surface area contributed by atoms with Crippen LogP contribution in [0.3, 0.4) is 0 Å². The molecular weight excluding hydrogens is 74.1 g/mol. The summed E-state index contributed by atoms with van der Waals surface area (Å²) in [6.07, 6.45) is 4.83. The second-order valence-electron chi connectivity index (χ2n) is 0.734. The van der Waals surface area contributed by atoms with E-state index in [0.29, 0.717) is 6.54 Å². The van der Waals surface area contributed by atoms with E-state index in [1.54, 1.807) is 0 Å². The summed E-state index contributed by atoms with van der Waals surface area (Å²) >= 11 is 0. The van der Waals surface area contributed by atoms with Crippen molar-refractivity contribution in [2.75, 3.05) is 13.6 Å². The monoisotopic (exact) mass is 85.1 g/mol. The van der Waals surface area contributed by atoms with Gasteiger partial charge < -0.3 is 5.32 Å². The molecule has 6 heavy (non-hydrogen) atoms. The van der Waals surface area contributed by atoms with Crippen LogP contribution in [0.4, 0.5) is 0 Å². The van der Waals surface area contributed by atoms with Crippen LogP contribution in [0.5, 0.6) is 0 Å². The Morgan fingerprint density at radius 3 is 2.33 bits per heavy atom. The summed E-state index contributed by atoms with van der Waals surface area (Å²) in [5.74, 6) is 2.41. The van der Waals surface area contributed by atoms with Crippen LogP contribution in [0.25, 0.3) is 0 Å². The second-order valence-corrected chi connectivity index (χ2v) is 0.734. The molecule has 0 saturated heterocycles. The smallest absolute Gasteiger partial charge is 0.0571 e. The summed E-state index contributed by atoms with van der Waals surface area (Å²) < 4.78 is 0. The van der Waals surface area contributed by atoms with Crippen LogP contribution in [0, 0.1) is 12.3 Å². The minimum absolute atomic E-state index is 0. The first kappa shape index (κ1) is 9.10. The maximum absolute atomic E-state index is 4.83. The van der Waals surface area contributed by atoms with Gasteiger partial charge >= 0.3 is 0 Å². The van der Waals surface area contributed by atoms with Crippen LogP contribution in [-0.2, 0) is 0 Å². The van der Waals surface area contributed by atoms with Gasteiger partial charge in [0.05, 0.1) is 6.54 Å². The molecule has 0 rings (SSSR count). The Bertz CT molecular complexity index is 42.4. The van der Waals surface area contributed by atoms with Gasteiger partial charge in [-0.15, -0.1) is 6.42 Å². The van der Waals surface area contributed by atoms with Crippen molar-refractivity contribution in [2.45, 2.75) is 7.43 Å². The van der Waals surface area contributed by atoms with Crippen molar-refractivity contribution in [1.82, 2.24) is 5.32 Å². The Kier molecular flexibility index (Phi) is 13.4. The lowest BCUT2D eigenvalue weighted by atomic mass is 10.7. The van der Waals surface area contributed by atoms with Gasteiger partial charge in [0.1, 0.15) is 0 Å². The van der Waals surface area contributed by atoms with Gasteiger partial charge in [-0.05, 0) is 7.05 Å². The SMILES string of the molecule is C.C#CCNC. The number of nitrogens with one attached hydrogen (secondary N) is 1. The molecule has 0 aliphatic carbocycles. The zero-order chi connectivity index (χ0) is 4.12. The fourth-order valence-electron chi connectivity index (χ4n) is 0.102. The molecule has 0 heterocycles. The Labute approximate surface area is 39.8 Å². The predicted molar refractivity (Wildman–Crippen MR) is 29.5 cm³/mol. The minimum atomic E-state index is 0. The summed E-state index contributed by atoms with van der Waals surface area (Å²) in [4.78, 5) is 0. The van der Waals surface area contributed by atoms with Gasteiger partial charge in [0.25, 0.3) is 0 Å². The summed E-state index contributed by atoms with van der Waals surface area (Å²) in [5.41, 5.74) is 0. The Hall–Kier alpha value is -0.480. The zero-order valence-electron chi connectivity index (χ0n) is 3.28. The first-order chi connectivity index (χ1) is 2.41. The third-order valence-electron chi connectivity index (χ3n) is 0.279. The van der Waals surface area contributed by atoms with Crippen molar-refractivity contribution >= 4 is 0 Å². The summed E-state index contributed by atoms with van der Waals surface area (Å²) in [6, 6.07) is 0. The molecule has 1 heteroatoms. The molecule has 0 saturated carbocycles. The van der Waals surface area contributed by atoms with Crippen LogP contribution in [-0.4, -0.2) is 13.6 Å². The molecule has 1 N–H and O–H groups in total. The van der Waals surface area contributed by atoms with E-state index >= 15 is 0 Å². The lowest BCUT2D eigenvalue weighted by Crippen LogP contribution is -2.03. The van der Waals surface area contributed by atoms with Gasteiger partial charge in [0.15, 0.2) is 0 Å². The lowest BCUT2D eigenvalue weighted by Gasteiger charge is -1.76. The molecule has 36 valence electrons. The van der Waals surface area contributed by atoms with Crippen molar-refractivity contribution in [3.8, 4) is 12.3 Å². The highest BCUT2D eigenvalue weighted by molar-refractivity contribution is 4.85. The largest absolute Gasteiger partial charge is 0.309 e. The first-order valence-corrected chi connectivity index (χ1v) is 1.50. The maximum atomic E-state index is 4.83. The molecule has 0 atom stereocenters. The highest BCUT2D eigenvalue weighted by atomic mass is 14.8. The number of terminal acetylenes is 1. The molecule has 0 unspecified atom stereocenters. The van der Waals surface area contributed by atoms with E-state index < -0.39 is 0 Å². The van der Waals surface area contributed by atoms with E-state index in [1.165, 1.54) is 0 Å². The summed E-state index contributed by atoms with van der Waals surface area (Å²) in [5, 5.41) is 2.78. The first-order valence-electron chi connectivity index (χ1n) is 1.50. The quantitative estimate of drug-likeness (QED) is 0.456. The molecule has 0 aliphatic heterocycles. The van der Waals surface area contributed by atoms with Crippen molar-refractivity contribution in [1.29, 1.82) is 0 Å². The summed E-state index contributed by atoms with van der Waals surface area (Å²) in [7, 11) is 1.82. The van der Waals surface area contributed by atoms with Crippen LogP contribution in [0.15, 0.2) is 0 Å². The van der Waals surface area contributed by atoms with Gasteiger partial charge in [0.2, 0.25) is 0 Å². The molecule has 0 amide bonds. The molecular formula is C5H11N. The van der Waals surface area contributed by atoms with Crippen LogP contribution in [0.1, 0.15) is 7.43 Å². The summed E-state index contributed by atoms with van der Waals surface area (Å²) in [6.45, 7) is 0.667. The van der Waals surface area contributed by atoms with Crippen LogP contribution in [0.2, 0.25) is 0 Å². The van der Waals surface area contributed by atoms with Crippen molar-refractivity contribution in [2.24, 2.45) is 0 Å². The van der Waals surface area contributed by atoms with Gasteiger partial charge in [-0.3, -0.25) is 0 Å². The highest BCUT2D eigenvalue weighted by Gasteiger charge is 1.56. The lowest BCUT2D eigenvalue weighted by molar-refractivity contribution is 0.939. The molecule has 1 nitrogen and oxygen atoms in total. The molecule has 0 aromatic heterocycles. The fourth-order valence-corrected chi connectivity index (χ4v) is 0.102. The van der Waals surface area contributed by atoms with Gasteiger partial charge in [-0.2, -0.15) is 0 Å². The average molecular weight is 85.1 g/mol. The minimum Gasteiger partial charge on any atom is -0.309 e. The van der Waals surface area contributed by atoms with Gasteiger partial charge in [0, 0.05) is 0 Å². The van der Waals surface area contributed by atoms with E-state index in [4.69, 9.17) is 6.42 Å². The van der Waals surface area contributed by atoms with Gasteiger partial charge in [-0.25, -0.2) is 0 Å². The number of hydrogen-bond donors (Lipinski definition) is 1. The standard InChI is InChI=1S/C4H7N.CH4/c1-3-4-5-2;/h1,5H,4H2,2H3;1H4. The van der Waals surface area contributed by atoms with Crippen LogP contribution >= 0.6 is 0 Å². The van der Waals surface area contributed by atoms with Crippen molar-refractivity contribution in [3.05, 3.63) is 0 Å². The van der Waals surface area contributed by atoms with Crippen LogP contribution < -0.4 is 5.32 Å². The number of rotatable bonds is 1. The molecule has 0 spiro atoms. The van der Waals surface area contributed by atoms with E-state index in [-0.39, 0.29) is 7.43 Å². The topological polar surface area (TPSA) is 12.0 Å². The molecule has 0 aromatic rings. The Morgan fingerprint density at radius 1 is 1.83 bits per heavy atom. The fraction of sp³-hybridized carbons (Fsp3) is 0.600. The van der Waals surface area contributed by atoms with Gasteiger partial charge in [-0.1, -0.05) is 13.3 Å². The van der Waals surface area contributed by atoms with E-state index in [9.17, 15) is 0 Å².